The molecule has 188 valence electrons. The molecule has 0 radical (unpaired) electrons. The molecule has 7 heteroatoms. The van der Waals surface area contributed by atoms with Gasteiger partial charge in [0.05, 0.1) is 27.3 Å². The van der Waals surface area contributed by atoms with Gasteiger partial charge in [-0.05, 0) is 98.0 Å². The maximum absolute atomic E-state index is 4.55. The van der Waals surface area contributed by atoms with Gasteiger partial charge < -0.3 is 4.90 Å². The van der Waals surface area contributed by atoms with E-state index in [2.05, 4.69) is 92.7 Å². The maximum Gasteiger partial charge on any atom is 0.231 e. The Morgan fingerprint density at radius 2 is 1.53 bits per heavy atom. The molecule has 4 aromatic carbocycles. The molecule has 5 aromatic rings. The van der Waals surface area contributed by atoms with Crippen molar-refractivity contribution in [2.24, 2.45) is 20.5 Å². The zero-order chi connectivity index (χ0) is 26.1. The van der Waals surface area contributed by atoms with Crippen molar-refractivity contribution in [3.8, 4) is 0 Å². The summed E-state index contributed by atoms with van der Waals surface area (Å²) in [5, 5.41) is 18.5. The van der Waals surface area contributed by atoms with Crippen LogP contribution in [0.2, 0.25) is 0 Å². The van der Waals surface area contributed by atoms with Crippen molar-refractivity contribution >= 4 is 49.4 Å². The number of benzene rings is 4. The molecule has 38 heavy (non-hydrogen) atoms. The number of aryl methyl sites for hydroxylation is 3. The third-order valence-electron chi connectivity index (χ3n) is 6.79. The fourth-order valence-electron chi connectivity index (χ4n) is 4.69. The quantitative estimate of drug-likeness (QED) is 0.211. The third kappa shape index (κ3) is 5.24. The molecule has 0 saturated carbocycles. The van der Waals surface area contributed by atoms with E-state index in [9.17, 15) is 0 Å². The second kappa shape index (κ2) is 10.3. The Balaban J connectivity index is 1.13. The van der Waals surface area contributed by atoms with Crippen molar-refractivity contribution in [1.82, 2.24) is 4.98 Å². The highest BCUT2D eigenvalue weighted by molar-refractivity contribution is 7.21. The summed E-state index contributed by atoms with van der Waals surface area (Å²) in [6.45, 7) is 8.16. The topological polar surface area (TPSA) is 65.6 Å². The molecule has 0 aliphatic carbocycles. The summed E-state index contributed by atoms with van der Waals surface area (Å²) in [5.41, 5.74) is 10.8. The first-order chi connectivity index (χ1) is 18.5. The number of thiazole rings is 1. The number of hydrogen-bond donors (Lipinski definition) is 0. The van der Waals surface area contributed by atoms with E-state index in [1.807, 2.05) is 37.3 Å². The van der Waals surface area contributed by atoms with E-state index in [-0.39, 0.29) is 0 Å². The van der Waals surface area contributed by atoms with Gasteiger partial charge in [-0.1, -0.05) is 47.2 Å². The van der Waals surface area contributed by atoms with Crippen molar-refractivity contribution in [2.75, 3.05) is 11.4 Å². The summed E-state index contributed by atoms with van der Waals surface area (Å²) in [6, 6.07) is 27.2. The predicted octanol–water partition coefficient (Wildman–Crippen LogP) is 9.62. The number of fused-ring (bicyclic) bond motifs is 2. The molecule has 1 aliphatic heterocycles. The summed E-state index contributed by atoms with van der Waals surface area (Å²) in [7, 11) is 0. The predicted molar refractivity (Wildman–Crippen MR) is 156 cm³/mol. The van der Waals surface area contributed by atoms with Crippen LogP contribution < -0.4 is 4.90 Å². The van der Waals surface area contributed by atoms with Crippen LogP contribution in [-0.2, 0) is 13.0 Å². The van der Waals surface area contributed by atoms with E-state index in [0.29, 0.717) is 5.13 Å². The van der Waals surface area contributed by atoms with Gasteiger partial charge in [-0.15, -0.1) is 10.2 Å². The Hall–Kier alpha value is -4.23. The normalized spacial score (nSPS) is 13.3. The van der Waals surface area contributed by atoms with Gasteiger partial charge >= 0.3 is 0 Å². The third-order valence-corrected chi connectivity index (χ3v) is 7.69. The van der Waals surface area contributed by atoms with Crippen LogP contribution >= 0.6 is 11.3 Å². The minimum atomic E-state index is 0.655. The molecule has 0 fully saturated rings. The highest BCUT2D eigenvalue weighted by Crippen LogP contribution is 2.34. The lowest BCUT2D eigenvalue weighted by molar-refractivity contribution is 0.836. The Bertz CT molecular complexity index is 1680. The summed E-state index contributed by atoms with van der Waals surface area (Å²) in [5.74, 6) is 0. The lowest BCUT2D eigenvalue weighted by Gasteiger charge is -2.19. The van der Waals surface area contributed by atoms with Gasteiger partial charge in [0.25, 0.3) is 0 Å². The largest absolute Gasteiger partial charge is 0.367 e. The highest BCUT2D eigenvalue weighted by atomic mass is 32.1. The first-order valence-corrected chi connectivity index (χ1v) is 13.6. The zero-order valence-electron chi connectivity index (χ0n) is 21.7. The van der Waals surface area contributed by atoms with E-state index < -0.39 is 0 Å². The standard InChI is InChI=1S/C31H28N6S/c1-20-4-7-23(8-5-20)19-37-15-14-24-18-26(10-13-29(24)37)34-33-25-9-12-27(22(3)17-25)35-36-31-32-28-11-6-21(2)16-30(28)38-31/h4-13,16-18H,14-15,19H2,1-3H3. The molecule has 0 amide bonds. The molecular weight excluding hydrogens is 488 g/mol. The van der Waals surface area contributed by atoms with Gasteiger partial charge in [0.15, 0.2) is 0 Å². The average molecular weight is 517 g/mol. The number of azo groups is 2. The van der Waals surface area contributed by atoms with E-state index in [4.69, 9.17) is 0 Å². The number of hydrogen-bond acceptors (Lipinski definition) is 7. The molecule has 0 spiro atoms. The van der Waals surface area contributed by atoms with Crippen LogP contribution in [0.5, 0.6) is 0 Å². The molecule has 0 unspecified atom stereocenters. The van der Waals surface area contributed by atoms with Gasteiger partial charge in [-0.2, -0.15) is 10.2 Å². The molecule has 2 heterocycles. The first kappa shape index (κ1) is 24.1. The van der Waals surface area contributed by atoms with Gasteiger partial charge in [-0.3, -0.25) is 0 Å². The van der Waals surface area contributed by atoms with Crippen molar-refractivity contribution in [3.63, 3.8) is 0 Å². The first-order valence-electron chi connectivity index (χ1n) is 12.7. The Morgan fingerprint density at radius 1 is 0.763 bits per heavy atom. The van der Waals surface area contributed by atoms with Crippen molar-refractivity contribution < 1.29 is 0 Å². The van der Waals surface area contributed by atoms with Crippen LogP contribution in [0.25, 0.3) is 10.2 Å². The molecule has 0 saturated heterocycles. The van der Waals surface area contributed by atoms with Crippen LogP contribution in [0, 0.1) is 20.8 Å². The Kier molecular flexibility index (Phi) is 6.52. The SMILES string of the molecule is Cc1ccc(CN2CCc3cc(N=Nc4ccc(N=Nc5nc6ccc(C)cc6s5)c(C)c4)ccc32)cc1. The summed E-state index contributed by atoms with van der Waals surface area (Å²) < 4.78 is 1.12. The van der Waals surface area contributed by atoms with E-state index >= 15 is 0 Å². The van der Waals surface area contributed by atoms with E-state index in [1.165, 1.54) is 27.9 Å². The fourth-order valence-corrected chi connectivity index (χ4v) is 5.57. The van der Waals surface area contributed by atoms with E-state index in [0.717, 1.165) is 52.4 Å². The van der Waals surface area contributed by atoms with Gasteiger partial charge in [0, 0.05) is 18.8 Å². The minimum absolute atomic E-state index is 0.655. The number of rotatable bonds is 6. The molecule has 1 aromatic heterocycles. The minimum Gasteiger partial charge on any atom is -0.367 e. The summed E-state index contributed by atoms with van der Waals surface area (Å²) in [4.78, 5) is 6.99. The van der Waals surface area contributed by atoms with Crippen LogP contribution in [-0.4, -0.2) is 11.5 Å². The monoisotopic (exact) mass is 516 g/mol. The van der Waals surface area contributed by atoms with Crippen molar-refractivity contribution in [3.05, 3.63) is 107 Å². The van der Waals surface area contributed by atoms with Gasteiger partial charge in [0.1, 0.15) is 0 Å². The lowest BCUT2D eigenvalue weighted by Crippen LogP contribution is -2.19. The van der Waals surface area contributed by atoms with Crippen LogP contribution in [0.4, 0.5) is 27.9 Å². The molecule has 1 aliphatic rings. The average Bonchev–Trinajstić information content (AvgIpc) is 3.51. The second-order valence-corrected chi connectivity index (χ2v) is 10.8. The molecule has 0 atom stereocenters. The fraction of sp³-hybridized carbons (Fsp3) is 0.194. The highest BCUT2D eigenvalue weighted by Gasteiger charge is 2.19. The van der Waals surface area contributed by atoms with Crippen molar-refractivity contribution in [1.29, 1.82) is 0 Å². The molecule has 0 bridgehead atoms. The lowest BCUT2D eigenvalue weighted by atomic mass is 10.1. The second-order valence-electron chi connectivity index (χ2n) is 9.81. The molecule has 6 rings (SSSR count). The summed E-state index contributed by atoms with van der Waals surface area (Å²) >= 11 is 1.55. The Labute approximate surface area is 226 Å². The molecule has 6 nitrogen and oxygen atoms in total. The number of nitrogens with zero attached hydrogens (tertiary/aromatic N) is 6. The van der Waals surface area contributed by atoms with Crippen LogP contribution in [0.15, 0.2) is 99.3 Å². The molecule has 0 N–H and O–H groups in total. The van der Waals surface area contributed by atoms with Gasteiger partial charge in [0.2, 0.25) is 5.13 Å². The van der Waals surface area contributed by atoms with Gasteiger partial charge in [-0.25, -0.2) is 4.98 Å². The van der Waals surface area contributed by atoms with Crippen LogP contribution in [0.1, 0.15) is 27.8 Å². The van der Waals surface area contributed by atoms with Crippen molar-refractivity contribution in [2.45, 2.75) is 33.7 Å². The number of aromatic nitrogens is 1. The maximum atomic E-state index is 4.55. The smallest absolute Gasteiger partial charge is 0.231 e. The van der Waals surface area contributed by atoms with Crippen LogP contribution in [0.3, 0.4) is 0 Å². The van der Waals surface area contributed by atoms with E-state index in [1.54, 1.807) is 11.3 Å². The Morgan fingerprint density at radius 3 is 2.34 bits per heavy atom. The molecular formula is C31H28N6S. The number of anilines is 1. The summed E-state index contributed by atoms with van der Waals surface area (Å²) in [6.07, 6.45) is 1.03. The zero-order valence-corrected chi connectivity index (χ0v) is 22.5.